The first-order valence-electron chi connectivity index (χ1n) is 9.44. The van der Waals surface area contributed by atoms with Crippen molar-refractivity contribution in [1.29, 1.82) is 0 Å². The SMILES string of the molecule is COC1c2ccccc2C(OC)(OC)C1(OC)C(C)CCCCCC(=O)O. The predicted octanol–water partition coefficient (Wildman–Crippen LogP) is 3.89. The van der Waals surface area contributed by atoms with Crippen LogP contribution in [0.4, 0.5) is 0 Å². The van der Waals surface area contributed by atoms with Gasteiger partial charge in [-0.1, -0.05) is 44.0 Å². The normalized spacial score (nSPS) is 24.6. The Kier molecular flexibility index (Phi) is 7.40. The first-order valence-corrected chi connectivity index (χ1v) is 9.44. The summed E-state index contributed by atoms with van der Waals surface area (Å²) in [5.41, 5.74) is 1.06. The van der Waals surface area contributed by atoms with Crippen LogP contribution in [-0.2, 0) is 29.5 Å². The summed E-state index contributed by atoms with van der Waals surface area (Å²) < 4.78 is 24.1. The highest BCUT2D eigenvalue weighted by atomic mass is 16.7. The van der Waals surface area contributed by atoms with E-state index in [2.05, 4.69) is 6.92 Å². The van der Waals surface area contributed by atoms with Crippen LogP contribution in [0.5, 0.6) is 0 Å². The van der Waals surface area contributed by atoms with Crippen molar-refractivity contribution < 1.29 is 28.8 Å². The molecule has 0 aromatic heterocycles. The van der Waals surface area contributed by atoms with Gasteiger partial charge in [-0.15, -0.1) is 0 Å². The number of benzene rings is 1. The van der Waals surface area contributed by atoms with Crippen LogP contribution < -0.4 is 0 Å². The number of hydrogen-bond acceptors (Lipinski definition) is 5. The number of rotatable bonds is 11. The fourth-order valence-electron chi connectivity index (χ4n) is 4.71. The van der Waals surface area contributed by atoms with Gasteiger partial charge in [0.15, 0.2) is 5.60 Å². The van der Waals surface area contributed by atoms with E-state index in [9.17, 15) is 4.79 Å². The fourth-order valence-corrected chi connectivity index (χ4v) is 4.71. The number of ether oxygens (including phenoxy) is 4. The first kappa shape index (κ1) is 21.8. The van der Waals surface area contributed by atoms with Gasteiger partial charge in [0, 0.05) is 40.4 Å². The van der Waals surface area contributed by atoms with Crippen LogP contribution in [0.2, 0.25) is 0 Å². The van der Waals surface area contributed by atoms with Crippen molar-refractivity contribution in [2.75, 3.05) is 28.4 Å². The molecule has 0 amide bonds. The van der Waals surface area contributed by atoms with Gasteiger partial charge in [0.1, 0.15) is 6.10 Å². The first-order chi connectivity index (χ1) is 12.9. The number of fused-ring (bicyclic) bond motifs is 1. The Balaban J connectivity index is 2.34. The summed E-state index contributed by atoms with van der Waals surface area (Å²) in [6, 6.07) is 7.95. The number of aliphatic carboxylic acids is 1. The Morgan fingerprint density at radius 2 is 1.74 bits per heavy atom. The smallest absolute Gasteiger partial charge is 0.303 e. The number of carboxylic acids is 1. The summed E-state index contributed by atoms with van der Waals surface area (Å²) in [4.78, 5) is 10.7. The van der Waals surface area contributed by atoms with Crippen molar-refractivity contribution in [3.8, 4) is 0 Å². The highest BCUT2D eigenvalue weighted by Crippen LogP contribution is 2.60. The molecule has 152 valence electrons. The third-order valence-corrected chi connectivity index (χ3v) is 5.91. The van der Waals surface area contributed by atoms with Gasteiger partial charge in [-0.3, -0.25) is 4.79 Å². The zero-order chi connectivity index (χ0) is 20.1. The third-order valence-electron chi connectivity index (χ3n) is 5.91. The lowest BCUT2D eigenvalue weighted by atomic mass is 9.76. The summed E-state index contributed by atoms with van der Waals surface area (Å²) >= 11 is 0. The lowest BCUT2D eigenvalue weighted by molar-refractivity contribution is -0.347. The van der Waals surface area contributed by atoms with Crippen molar-refractivity contribution in [2.24, 2.45) is 5.92 Å². The molecule has 1 aliphatic rings. The van der Waals surface area contributed by atoms with Gasteiger partial charge >= 0.3 is 5.97 Å². The van der Waals surface area contributed by atoms with Crippen LogP contribution in [0.25, 0.3) is 0 Å². The quantitative estimate of drug-likeness (QED) is 0.464. The molecule has 3 atom stereocenters. The average molecular weight is 380 g/mol. The van der Waals surface area contributed by atoms with E-state index in [0.717, 1.165) is 30.4 Å². The number of unbranched alkanes of at least 4 members (excludes halogenated alkanes) is 2. The standard InChI is InChI=1S/C21H32O6/c1-15(11-7-6-8-14-18(22)23)20(25-3)19(24-2)16-12-9-10-13-17(16)21(20,26-4)27-5/h9-10,12-13,15,19H,6-8,11,14H2,1-5H3,(H,22,23). The Hall–Kier alpha value is -1.47. The molecule has 0 saturated heterocycles. The highest BCUT2D eigenvalue weighted by molar-refractivity contribution is 5.66. The van der Waals surface area contributed by atoms with E-state index in [0.29, 0.717) is 6.42 Å². The molecule has 1 N–H and O–H groups in total. The van der Waals surface area contributed by atoms with Crippen molar-refractivity contribution in [3.05, 3.63) is 35.4 Å². The van der Waals surface area contributed by atoms with E-state index in [1.807, 2.05) is 24.3 Å². The molecule has 0 saturated carbocycles. The number of hydrogen-bond donors (Lipinski definition) is 1. The van der Waals surface area contributed by atoms with E-state index in [1.165, 1.54) is 0 Å². The van der Waals surface area contributed by atoms with Gasteiger partial charge in [-0.25, -0.2) is 0 Å². The van der Waals surface area contributed by atoms with E-state index >= 15 is 0 Å². The minimum absolute atomic E-state index is 0.0459. The maximum absolute atomic E-state index is 10.7. The van der Waals surface area contributed by atoms with Crippen LogP contribution >= 0.6 is 0 Å². The molecule has 27 heavy (non-hydrogen) atoms. The maximum atomic E-state index is 10.7. The molecule has 3 unspecified atom stereocenters. The largest absolute Gasteiger partial charge is 0.481 e. The second-order valence-corrected chi connectivity index (χ2v) is 7.12. The van der Waals surface area contributed by atoms with Gasteiger partial charge in [-0.05, 0) is 24.3 Å². The van der Waals surface area contributed by atoms with Gasteiger partial charge in [0.2, 0.25) is 5.79 Å². The van der Waals surface area contributed by atoms with Crippen molar-refractivity contribution in [1.82, 2.24) is 0 Å². The van der Waals surface area contributed by atoms with E-state index in [1.54, 1.807) is 28.4 Å². The second kappa shape index (κ2) is 9.15. The Labute approximate surface area is 161 Å². The molecular weight excluding hydrogens is 348 g/mol. The molecule has 0 spiro atoms. The molecule has 6 nitrogen and oxygen atoms in total. The molecule has 0 heterocycles. The van der Waals surface area contributed by atoms with E-state index in [4.69, 9.17) is 24.1 Å². The molecule has 2 rings (SSSR count). The zero-order valence-electron chi connectivity index (χ0n) is 17.0. The molecule has 1 aromatic carbocycles. The lowest BCUT2D eigenvalue weighted by Gasteiger charge is -2.48. The van der Waals surface area contributed by atoms with Crippen molar-refractivity contribution in [2.45, 2.75) is 56.5 Å². The molecule has 0 bridgehead atoms. The summed E-state index contributed by atoms with van der Waals surface area (Å²) in [6.45, 7) is 2.12. The predicted molar refractivity (Wildman–Crippen MR) is 102 cm³/mol. The number of methoxy groups -OCH3 is 4. The number of carboxylic acid groups (broad SMARTS) is 1. The summed E-state index contributed by atoms with van der Waals surface area (Å²) in [6.07, 6.45) is 3.14. The highest BCUT2D eigenvalue weighted by Gasteiger charge is 2.68. The van der Waals surface area contributed by atoms with E-state index in [-0.39, 0.29) is 18.4 Å². The molecule has 6 heteroatoms. The fraction of sp³-hybridized carbons (Fsp3) is 0.667. The van der Waals surface area contributed by atoms with Crippen LogP contribution in [-0.4, -0.2) is 45.1 Å². The Morgan fingerprint density at radius 1 is 1.07 bits per heavy atom. The number of carbonyl (C=O) groups is 1. The van der Waals surface area contributed by atoms with E-state index < -0.39 is 17.4 Å². The monoisotopic (exact) mass is 380 g/mol. The lowest BCUT2D eigenvalue weighted by Crippen LogP contribution is -2.59. The molecule has 1 aromatic rings. The Morgan fingerprint density at radius 3 is 2.30 bits per heavy atom. The summed E-state index contributed by atoms with van der Waals surface area (Å²) in [5.74, 6) is -1.79. The minimum atomic E-state index is -1.08. The van der Waals surface area contributed by atoms with Crippen molar-refractivity contribution in [3.63, 3.8) is 0 Å². The van der Waals surface area contributed by atoms with Crippen LogP contribution in [0.3, 0.4) is 0 Å². The van der Waals surface area contributed by atoms with Gasteiger partial charge in [-0.2, -0.15) is 0 Å². The molecular formula is C21H32O6. The average Bonchev–Trinajstić information content (AvgIpc) is 2.93. The van der Waals surface area contributed by atoms with Crippen LogP contribution in [0.1, 0.15) is 56.3 Å². The van der Waals surface area contributed by atoms with Crippen LogP contribution in [0.15, 0.2) is 24.3 Å². The molecule has 0 radical (unpaired) electrons. The third kappa shape index (κ3) is 3.51. The van der Waals surface area contributed by atoms with Gasteiger partial charge < -0.3 is 24.1 Å². The second-order valence-electron chi connectivity index (χ2n) is 7.12. The van der Waals surface area contributed by atoms with Crippen molar-refractivity contribution >= 4 is 5.97 Å². The van der Waals surface area contributed by atoms with Gasteiger partial charge in [0.05, 0.1) is 0 Å². The zero-order valence-corrected chi connectivity index (χ0v) is 17.0. The minimum Gasteiger partial charge on any atom is -0.481 e. The van der Waals surface area contributed by atoms with Crippen LogP contribution in [0, 0.1) is 5.92 Å². The Bertz CT molecular complexity index is 627. The molecule has 0 fully saturated rings. The summed E-state index contributed by atoms with van der Waals surface area (Å²) in [5, 5.41) is 8.80. The van der Waals surface area contributed by atoms with Gasteiger partial charge in [0.25, 0.3) is 0 Å². The summed E-state index contributed by atoms with van der Waals surface area (Å²) in [7, 11) is 6.61. The maximum Gasteiger partial charge on any atom is 0.303 e. The molecule has 0 aliphatic heterocycles. The molecule has 1 aliphatic carbocycles. The topological polar surface area (TPSA) is 74.2 Å².